The van der Waals surface area contributed by atoms with Crippen LogP contribution in [0.5, 0.6) is 11.5 Å². The molecule has 0 fully saturated rings. The molecule has 1 aliphatic rings. The van der Waals surface area contributed by atoms with Gasteiger partial charge in [-0.25, -0.2) is 9.79 Å². The van der Waals surface area contributed by atoms with E-state index in [-0.39, 0.29) is 17.7 Å². The van der Waals surface area contributed by atoms with Crippen molar-refractivity contribution in [2.45, 2.75) is 19.5 Å². The number of carbonyl (C=O) groups excluding carboxylic acids is 1. The fourth-order valence-electron chi connectivity index (χ4n) is 6.23. The summed E-state index contributed by atoms with van der Waals surface area (Å²) in [7, 11) is 3.11. The maximum absolute atomic E-state index is 14.5. The molecule has 0 saturated carbocycles. The van der Waals surface area contributed by atoms with Gasteiger partial charge in [0.1, 0.15) is 0 Å². The number of nitrogens with zero attached hydrogens (tertiary/aromatic N) is 3. The molecule has 0 spiro atoms. The molecular weight excluding hydrogens is 658 g/mol. The number of ether oxygens (including phenoxy) is 3. The highest BCUT2D eigenvalue weighted by Crippen LogP contribution is 2.38. The Morgan fingerprint density at radius 1 is 0.939 bits per heavy atom. The van der Waals surface area contributed by atoms with E-state index in [0.29, 0.717) is 43.7 Å². The number of hydrogen-bond acceptors (Lipinski definition) is 7. The number of carbonyl (C=O) groups is 1. The third-order valence-corrected chi connectivity index (χ3v) is 9.70. The minimum absolute atomic E-state index is 0.160. The van der Waals surface area contributed by atoms with Gasteiger partial charge in [0, 0.05) is 39.8 Å². The number of benzene rings is 4. The zero-order chi connectivity index (χ0) is 34.1. The van der Waals surface area contributed by atoms with Crippen molar-refractivity contribution in [3.63, 3.8) is 0 Å². The van der Waals surface area contributed by atoms with Crippen LogP contribution in [0.4, 0.5) is 0 Å². The van der Waals surface area contributed by atoms with Gasteiger partial charge >= 0.3 is 5.97 Å². The van der Waals surface area contributed by atoms with Gasteiger partial charge in [-0.3, -0.25) is 9.36 Å². The Balaban J connectivity index is 1.46. The van der Waals surface area contributed by atoms with Crippen molar-refractivity contribution in [2.24, 2.45) is 4.99 Å². The Bertz CT molecular complexity index is 2410. The van der Waals surface area contributed by atoms with Crippen molar-refractivity contribution >= 4 is 51.6 Å². The maximum Gasteiger partial charge on any atom is 0.338 e. The van der Waals surface area contributed by atoms with Gasteiger partial charge in [-0.1, -0.05) is 89.7 Å². The summed E-state index contributed by atoms with van der Waals surface area (Å²) in [6.07, 6.45) is 3.97. The first kappa shape index (κ1) is 32.2. The lowest BCUT2D eigenvalue weighted by atomic mass is 9.93. The van der Waals surface area contributed by atoms with Crippen LogP contribution in [-0.4, -0.2) is 35.9 Å². The summed E-state index contributed by atoms with van der Waals surface area (Å²) in [5.41, 5.74) is 4.86. The molecule has 1 atom stereocenters. The molecule has 1 aliphatic heterocycles. The van der Waals surface area contributed by atoms with Gasteiger partial charge in [0.25, 0.3) is 5.56 Å². The zero-order valence-electron chi connectivity index (χ0n) is 27.1. The second-order valence-electron chi connectivity index (χ2n) is 11.4. The molecule has 0 N–H and O–H groups in total. The molecule has 0 saturated heterocycles. The Kier molecular flexibility index (Phi) is 8.95. The topological polar surface area (TPSA) is 84.1 Å². The zero-order valence-corrected chi connectivity index (χ0v) is 28.6. The summed E-state index contributed by atoms with van der Waals surface area (Å²) in [6, 6.07) is 29.9. The third kappa shape index (κ3) is 6.07. The van der Waals surface area contributed by atoms with Crippen LogP contribution in [0.3, 0.4) is 0 Å². The largest absolute Gasteiger partial charge is 0.493 e. The number of hydrogen-bond donors (Lipinski definition) is 0. The molecule has 0 amide bonds. The molecule has 0 radical (unpaired) electrons. The second-order valence-corrected chi connectivity index (χ2v) is 12.8. The van der Waals surface area contributed by atoms with Gasteiger partial charge < -0.3 is 18.8 Å². The van der Waals surface area contributed by atoms with Crippen LogP contribution in [0.1, 0.15) is 35.2 Å². The van der Waals surface area contributed by atoms with Gasteiger partial charge in [0.05, 0.1) is 42.7 Å². The predicted molar refractivity (Wildman–Crippen MR) is 193 cm³/mol. The minimum Gasteiger partial charge on any atom is -0.493 e. The third-order valence-electron chi connectivity index (χ3n) is 8.47. The summed E-state index contributed by atoms with van der Waals surface area (Å²) in [5.74, 6) is 0.445. The number of methoxy groups -OCH3 is 2. The number of esters is 1. The first-order chi connectivity index (χ1) is 23.9. The molecule has 0 bridgehead atoms. The lowest BCUT2D eigenvalue weighted by Crippen LogP contribution is -2.40. The molecular formula is C39H32ClN3O5S. The van der Waals surface area contributed by atoms with E-state index in [1.54, 1.807) is 37.8 Å². The predicted octanol–water partition coefficient (Wildman–Crippen LogP) is 6.61. The minimum atomic E-state index is -0.848. The summed E-state index contributed by atoms with van der Waals surface area (Å²) in [4.78, 5) is 33.8. The van der Waals surface area contributed by atoms with Gasteiger partial charge in [0.15, 0.2) is 16.3 Å². The molecule has 2 aromatic heterocycles. The smallest absolute Gasteiger partial charge is 0.338 e. The van der Waals surface area contributed by atoms with Crippen LogP contribution in [0, 0.1) is 0 Å². The van der Waals surface area contributed by atoms with E-state index in [0.717, 1.165) is 27.6 Å². The summed E-state index contributed by atoms with van der Waals surface area (Å²) < 4.78 is 21.0. The molecule has 8 nitrogen and oxygen atoms in total. The Hall–Kier alpha value is -5.38. The number of rotatable bonds is 9. The fraction of sp³-hybridized carbons (Fsp3) is 0.154. The summed E-state index contributed by atoms with van der Waals surface area (Å²) >= 11 is 7.42. The fourth-order valence-corrected chi connectivity index (χ4v) is 7.35. The van der Waals surface area contributed by atoms with Crippen molar-refractivity contribution in [3.8, 4) is 11.5 Å². The van der Waals surface area contributed by atoms with E-state index in [2.05, 4.69) is 22.9 Å². The molecule has 7 rings (SSSR count). The average molecular weight is 690 g/mol. The van der Waals surface area contributed by atoms with Gasteiger partial charge in [-0.05, 0) is 54.5 Å². The number of thiazole rings is 1. The highest BCUT2D eigenvalue weighted by atomic mass is 35.5. The van der Waals surface area contributed by atoms with Crippen LogP contribution >= 0.6 is 22.9 Å². The van der Waals surface area contributed by atoms with Gasteiger partial charge in [-0.2, -0.15) is 0 Å². The molecule has 10 heteroatoms. The highest BCUT2D eigenvalue weighted by Gasteiger charge is 2.35. The normalized spacial score (nSPS) is 14.4. The van der Waals surface area contributed by atoms with Crippen LogP contribution in [0.15, 0.2) is 119 Å². The van der Waals surface area contributed by atoms with Crippen molar-refractivity contribution in [3.05, 3.63) is 156 Å². The number of fused-ring (bicyclic) bond motifs is 2. The lowest BCUT2D eigenvalue weighted by molar-refractivity contribution is -0.138. The van der Waals surface area contributed by atoms with Crippen molar-refractivity contribution in [1.82, 2.24) is 9.13 Å². The van der Waals surface area contributed by atoms with E-state index in [1.165, 1.54) is 11.3 Å². The molecule has 0 aliphatic carbocycles. The monoisotopic (exact) mass is 689 g/mol. The molecule has 0 unspecified atom stereocenters. The second kappa shape index (κ2) is 13.6. The Labute approximate surface area is 291 Å². The van der Waals surface area contributed by atoms with Crippen LogP contribution in [0.2, 0.25) is 5.02 Å². The number of para-hydroxylation sites is 1. The van der Waals surface area contributed by atoms with E-state index in [9.17, 15) is 9.59 Å². The van der Waals surface area contributed by atoms with E-state index >= 15 is 0 Å². The summed E-state index contributed by atoms with van der Waals surface area (Å²) in [6.45, 7) is 2.55. The molecule has 4 aromatic carbocycles. The molecule has 3 heterocycles. The van der Waals surface area contributed by atoms with E-state index in [4.69, 9.17) is 30.8 Å². The molecule has 6 aromatic rings. The Morgan fingerprint density at radius 2 is 1.67 bits per heavy atom. The van der Waals surface area contributed by atoms with Crippen molar-refractivity contribution < 1.29 is 19.0 Å². The maximum atomic E-state index is 14.5. The molecule has 49 heavy (non-hydrogen) atoms. The van der Waals surface area contributed by atoms with Gasteiger partial charge in [-0.15, -0.1) is 0 Å². The first-order valence-corrected chi connectivity index (χ1v) is 16.9. The lowest BCUT2D eigenvalue weighted by Gasteiger charge is -2.26. The SMILES string of the molecule is CCOC(=O)C1=C(c2ccccc2)N=c2s/c(=C\c3cn(Cc4ccc(Cl)cc4)c4ccccc34)c(=O)n2[C@@H]1c1ccc(OC)c(OC)c1. The first-order valence-electron chi connectivity index (χ1n) is 15.7. The number of aromatic nitrogens is 2. The Morgan fingerprint density at radius 3 is 2.41 bits per heavy atom. The van der Waals surface area contributed by atoms with Gasteiger partial charge in [0.2, 0.25) is 0 Å². The standard InChI is InChI=1S/C39H32ClN3O5S/c1-4-48-38(45)34-35(25-10-6-5-7-11-25)41-39-43(36(34)26-16-19-31(46-2)32(20-26)47-3)37(44)33(49-39)21-27-23-42(30-13-9-8-12-29(27)30)22-24-14-17-28(40)18-15-24/h5-21,23,36H,4,22H2,1-3H3/b33-21-/t36-/m1/s1. The van der Waals surface area contributed by atoms with E-state index < -0.39 is 12.0 Å². The number of halogens is 1. The summed E-state index contributed by atoms with van der Waals surface area (Å²) in [5, 5.41) is 1.70. The van der Waals surface area contributed by atoms with Crippen molar-refractivity contribution in [2.75, 3.05) is 20.8 Å². The van der Waals surface area contributed by atoms with Crippen molar-refractivity contribution in [1.29, 1.82) is 0 Å². The highest BCUT2D eigenvalue weighted by molar-refractivity contribution is 7.07. The van der Waals surface area contributed by atoms with E-state index in [1.807, 2.05) is 78.9 Å². The average Bonchev–Trinajstić information content (AvgIpc) is 3.64. The molecule has 246 valence electrons. The van der Waals surface area contributed by atoms with Crippen LogP contribution in [0.25, 0.3) is 22.7 Å². The van der Waals surface area contributed by atoms with Crippen LogP contribution < -0.4 is 24.4 Å². The quantitative estimate of drug-likeness (QED) is 0.160. The van der Waals surface area contributed by atoms with Crippen LogP contribution in [-0.2, 0) is 16.1 Å².